The molecular formula is C137H101N9O3. The lowest BCUT2D eigenvalue weighted by molar-refractivity contribution is 0.280. The first-order valence-corrected chi connectivity index (χ1v) is 51.3. The average molecular weight is 1920 g/mol. The van der Waals surface area contributed by atoms with Crippen LogP contribution in [0.15, 0.2) is 462 Å². The van der Waals surface area contributed by atoms with E-state index in [4.69, 9.17) is 58.1 Å². The molecule has 2 atom stereocenters. The van der Waals surface area contributed by atoms with Crippen LogP contribution in [-0.4, -0.2) is 44.9 Å². The highest BCUT2D eigenvalue weighted by atomic mass is 16.3. The second-order valence-corrected chi connectivity index (χ2v) is 40.6. The summed E-state index contributed by atoms with van der Waals surface area (Å²) in [4.78, 5) is 45.5. The van der Waals surface area contributed by atoms with E-state index in [-0.39, 0.29) is 10.8 Å². The van der Waals surface area contributed by atoms with E-state index in [9.17, 15) is 0 Å². The van der Waals surface area contributed by atoms with Gasteiger partial charge in [-0.3, -0.25) is 0 Å². The van der Waals surface area contributed by atoms with E-state index in [0.717, 1.165) is 133 Å². The lowest BCUT2D eigenvalue weighted by Crippen LogP contribution is -2.37. The molecule has 6 heterocycles. The Morgan fingerprint density at radius 1 is 0.181 bits per heavy atom. The molecule has 0 radical (unpaired) electrons. The molecule has 28 rings (SSSR count). The van der Waals surface area contributed by atoms with E-state index in [2.05, 4.69) is 359 Å². The van der Waals surface area contributed by atoms with Gasteiger partial charge in [-0.2, -0.15) is 0 Å². The number of hydrogen-bond acceptors (Lipinski definition) is 12. The maximum Gasteiger partial charge on any atom is 0.164 e. The Balaban J connectivity index is 0.000000113. The van der Waals surface area contributed by atoms with Crippen LogP contribution >= 0.6 is 0 Å². The summed E-state index contributed by atoms with van der Waals surface area (Å²) in [6.45, 7) is 18.8. The summed E-state index contributed by atoms with van der Waals surface area (Å²) >= 11 is 0. The standard InChI is InChI=1S/C47H31N3O.C46H37N3O.C44H33N3O/c1-47(35-17-9-4-10-18-35)40-27-34(25-26-36(40)38-28-39-37-19-11-12-20-42(37)51-43(39)29-41(38)47)46-49-44(32-15-7-3-8-16-32)48-45(50-46)33-23-21-31(22-24-33)30-13-5-2-6-14-30;1-28(2)46(29(3)4)39-25-34(22-23-35(39)37-26-38-36-20-11-12-21-41(36)50-42(38)27-40(37)46)45-48-43(31-16-9-6-10-17-31)47-44(49-45)33-19-13-18-32(24-33)30-14-7-5-8-15-30;1-27(2)44(3)34-22-13-21-32(38(34)40-35(44)24-25-37-39(40)33-20-10-11-23-36(33)48-37)30-18-12-19-31(26-30)43-46-41(28-14-6-4-7-15-28)45-42(47-43)29-16-8-5-9-17-29/h2-29H,1H3;5-29H,1-4H3;4-27H,1-3H3. The highest BCUT2D eigenvalue weighted by Gasteiger charge is 2.50. The van der Waals surface area contributed by atoms with Crippen LogP contribution in [0.2, 0.25) is 0 Å². The Labute approximate surface area is 864 Å². The highest BCUT2D eigenvalue weighted by molar-refractivity contribution is 6.17. The Morgan fingerprint density at radius 3 is 0.960 bits per heavy atom. The zero-order chi connectivity index (χ0) is 100. The van der Waals surface area contributed by atoms with Crippen LogP contribution in [0.3, 0.4) is 0 Å². The Kier molecular flexibility index (Phi) is 22.3. The zero-order valence-electron chi connectivity index (χ0n) is 83.7. The normalized spacial score (nSPS) is 14.5. The Bertz CT molecular complexity index is 9460. The predicted octanol–water partition coefficient (Wildman–Crippen LogP) is 35.2. The number of nitrogens with zero attached hydrogens (tertiary/aromatic N) is 9. The number of hydrogen-bond donors (Lipinski definition) is 0. The minimum Gasteiger partial charge on any atom is -0.456 e. The lowest BCUT2D eigenvalue weighted by Gasteiger charge is -2.40. The van der Waals surface area contributed by atoms with Crippen molar-refractivity contribution in [2.75, 3.05) is 0 Å². The predicted molar refractivity (Wildman–Crippen MR) is 607 cm³/mol. The van der Waals surface area contributed by atoms with Gasteiger partial charge in [-0.15, -0.1) is 0 Å². The molecule has 0 bridgehead atoms. The number of para-hydroxylation sites is 3. The van der Waals surface area contributed by atoms with Gasteiger partial charge >= 0.3 is 0 Å². The SMILES string of the molecule is CC(C)C1(C(C)C)c2cc(-c3nc(-c4ccccc4)nc(-c4cccc(-c5ccccc5)c4)n3)ccc2-c2cc3c(cc21)oc1ccccc13.CC(C)C1(C)c2cccc(-c3cccc(-c4nc(-c5ccccc5)nc(-c5ccccc5)n4)c3)c2-c2c1ccc1oc3ccccc3c21.CC1(c2ccccc2)c2cc(-c3nc(-c4ccccc4)nc(-c4ccc(-c5ccccc5)cc4)n3)ccc2-c2cc3c(cc21)oc1ccccc13. The Hall–Kier alpha value is -18.4. The van der Waals surface area contributed by atoms with Gasteiger partial charge in [-0.05, 0) is 203 Å². The molecule has 0 aliphatic heterocycles. The van der Waals surface area contributed by atoms with Gasteiger partial charge in [0.2, 0.25) is 0 Å². The van der Waals surface area contributed by atoms with Crippen LogP contribution in [0.25, 0.3) is 235 Å². The molecule has 6 aromatic heterocycles. The molecule has 0 spiro atoms. The number of benzene rings is 19. The van der Waals surface area contributed by atoms with E-state index in [1.807, 2.05) is 146 Å². The van der Waals surface area contributed by atoms with Crippen molar-refractivity contribution in [1.82, 2.24) is 44.9 Å². The third-order valence-corrected chi connectivity index (χ3v) is 31.4. The van der Waals surface area contributed by atoms with E-state index < -0.39 is 5.41 Å². The van der Waals surface area contributed by atoms with Gasteiger partial charge in [0.1, 0.15) is 33.5 Å². The molecule has 3 aliphatic carbocycles. The fourth-order valence-corrected chi connectivity index (χ4v) is 23.8. The number of fused-ring (bicyclic) bond motifs is 19. The molecule has 12 heteroatoms. The van der Waals surface area contributed by atoms with Gasteiger partial charge in [-0.1, -0.05) is 425 Å². The maximum absolute atomic E-state index is 6.44. The van der Waals surface area contributed by atoms with Crippen molar-refractivity contribution in [3.05, 3.63) is 488 Å². The molecule has 0 N–H and O–H groups in total. The summed E-state index contributed by atoms with van der Waals surface area (Å²) in [5.41, 5.74) is 36.8. The second kappa shape index (κ2) is 36.7. The van der Waals surface area contributed by atoms with Crippen molar-refractivity contribution in [3.8, 4) is 169 Å². The largest absolute Gasteiger partial charge is 0.456 e. The van der Waals surface area contributed by atoms with Gasteiger partial charge in [0.05, 0.1) is 0 Å². The monoisotopic (exact) mass is 1920 g/mol. The van der Waals surface area contributed by atoms with Crippen LogP contribution in [-0.2, 0) is 16.2 Å². The minimum absolute atomic E-state index is 0.159. The molecule has 0 fully saturated rings. The van der Waals surface area contributed by atoms with Gasteiger partial charge < -0.3 is 13.3 Å². The zero-order valence-corrected chi connectivity index (χ0v) is 83.7. The first-order valence-electron chi connectivity index (χ1n) is 51.3. The lowest BCUT2D eigenvalue weighted by atomic mass is 9.63. The summed E-state index contributed by atoms with van der Waals surface area (Å²) < 4.78 is 19.3. The summed E-state index contributed by atoms with van der Waals surface area (Å²) in [6.07, 6.45) is 0. The van der Waals surface area contributed by atoms with Gasteiger partial charge in [0, 0.05) is 98.6 Å². The quantitative estimate of drug-likeness (QED) is 0.0904. The third-order valence-electron chi connectivity index (χ3n) is 31.4. The first-order chi connectivity index (χ1) is 73.0. The summed E-state index contributed by atoms with van der Waals surface area (Å²) in [7, 11) is 0. The summed E-state index contributed by atoms with van der Waals surface area (Å²) in [6, 6.07) is 157. The summed E-state index contributed by atoms with van der Waals surface area (Å²) in [5, 5.41) is 6.91. The fourth-order valence-electron chi connectivity index (χ4n) is 23.8. The molecule has 19 aromatic carbocycles. The molecule has 149 heavy (non-hydrogen) atoms. The first kappa shape index (κ1) is 90.6. The van der Waals surface area contributed by atoms with Crippen LogP contribution in [0.1, 0.15) is 94.3 Å². The molecule has 712 valence electrons. The molecule has 3 aliphatic rings. The minimum atomic E-state index is -0.430. The second-order valence-electron chi connectivity index (χ2n) is 40.6. The van der Waals surface area contributed by atoms with Crippen molar-refractivity contribution < 1.29 is 13.3 Å². The van der Waals surface area contributed by atoms with Crippen molar-refractivity contribution in [2.24, 2.45) is 17.8 Å². The highest BCUT2D eigenvalue weighted by Crippen LogP contribution is 2.62. The maximum atomic E-state index is 6.44. The van der Waals surface area contributed by atoms with Crippen molar-refractivity contribution in [2.45, 2.75) is 71.6 Å². The molecule has 0 saturated carbocycles. The van der Waals surface area contributed by atoms with E-state index in [1.54, 1.807) is 0 Å². The van der Waals surface area contributed by atoms with Gasteiger partial charge in [-0.25, -0.2) is 44.9 Å². The van der Waals surface area contributed by atoms with Crippen LogP contribution in [0.4, 0.5) is 0 Å². The molecule has 0 saturated heterocycles. The third kappa shape index (κ3) is 15.4. The molecule has 0 amide bonds. The Morgan fingerprint density at radius 2 is 0.490 bits per heavy atom. The van der Waals surface area contributed by atoms with Gasteiger partial charge in [0.15, 0.2) is 52.4 Å². The molecular weight excluding hydrogens is 1820 g/mol. The molecule has 12 nitrogen and oxygen atoms in total. The number of furan rings is 3. The van der Waals surface area contributed by atoms with Crippen molar-refractivity contribution in [3.63, 3.8) is 0 Å². The number of rotatable bonds is 16. The van der Waals surface area contributed by atoms with Crippen LogP contribution in [0.5, 0.6) is 0 Å². The fraction of sp³-hybridized carbons (Fsp3) is 0.102. The number of aromatic nitrogens is 9. The molecule has 2 unspecified atom stereocenters. The van der Waals surface area contributed by atoms with Gasteiger partial charge in [0.25, 0.3) is 0 Å². The smallest absolute Gasteiger partial charge is 0.164 e. The van der Waals surface area contributed by atoms with E-state index in [0.29, 0.717) is 70.2 Å². The van der Waals surface area contributed by atoms with Crippen LogP contribution in [0, 0.1) is 17.8 Å². The van der Waals surface area contributed by atoms with Crippen molar-refractivity contribution >= 4 is 65.8 Å². The van der Waals surface area contributed by atoms with E-state index in [1.165, 1.54) is 88.8 Å². The topological polar surface area (TPSA) is 155 Å². The van der Waals surface area contributed by atoms with Crippen molar-refractivity contribution in [1.29, 1.82) is 0 Å². The van der Waals surface area contributed by atoms with E-state index >= 15 is 0 Å². The van der Waals surface area contributed by atoms with Crippen LogP contribution < -0.4 is 0 Å². The molecule has 25 aromatic rings. The summed E-state index contributed by atoms with van der Waals surface area (Å²) in [5.74, 6) is 6.89. The average Bonchev–Trinajstić information content (AvgIpc) is 1.54.